The van der Waals surface area contributed by atoms with Crippen LogP contribution in [0.4, 0.5) is 17.6 Å². The largest absolute Gasteiger partial charge is 4.00 e. The Morgan fingerprint density at radius 1 is 0.400 bits per heavy atom. The number of nitrogens with zero attached hydrogens (tertiary/aromatic N) is 2. The molecule has 328 valence electrons. The van der Waals surface area contributed by atoms with E-state index in [4.69, 9.17) is 0 Å². The monoisotopic (exact) mass is 902 g/mol. The quantitative estimate of drug-likeness (QED) is 0.0445. The predicted octanol–water partition coefficient (Wildman–Crippen LogP) is 16.0. The maximum absolute atomic E-state index is 13.6. The van der Waals surface area contributed by atoms with Crippen LogP contribution >= 0.6 is 0 Å². The SMILES string of the molecule is Fc1[c-]c(F)c(CCCCCCn2c3ccccc3c3ccccc32)cc1.Fc1[c-]c(F)c(CCCCCCn2c3ccccc3c3ccccc32)cc1.[C-]1=CC=CC1.[C-]1=CC=CC1.[Ti+4]. The minimum absolute atomic E-state index is 0. The molecular formula is C58H54F4N2Ti. The number of fused-ring (bicyclic) bond motifs is 6. The van der Waals surface area contributed by atoms with Gasteiger partial charge in [0.15, 0.2) is 0 Å². The van der Waals surface area contributed by atoms with E-state index >= 15 is 0 Å². The first-order valence-corrected chi connectivity index (χ1v) is 22.6. The molecule has 2 aliphatic carbocycles. The third-order valence-electron chi connectivity index (χ3n) is 11.6. The molecule has 0 saturated heterocycles. The number of unbranched alkanes of at least 4 members (excludes halogenated alkanes) is 6. The van der Waals surface area contributed by atoms with Gasteiger partial charge < -0.3 is 9.13 Å². The molecule has 0 saturated carbocycles. The van der Waals surface area contributed by atoms with Crippen LogP contribution < -0.4 is 0 Å². The van der Waals surface area contributed by atoms with Crippen LogP contribution in [-0.4, -0.2) is 9.13 Å². The van der Waals surface area contributed by atoms with Crippen LogP contribution in [0.2, 0.25) is 0 Å². The first kappa shape index (κ1) is 48.8. The molecule has 0 fully saturated rings. The van der Waals surface area contributed by atoms with Gasteiger partial charge >= 0.3 is 21.7 Å². The average Bonchev–Trinajstić information content (AvgIpc) is 4.18. The third kappa shape index (κ3) is 13.7. The van der Waals surface area contributed by atoms with E-state index < -0.39 is 23.3 Å². The van der Waals surface area contributed by atoms with Crippen molar-refractivity contribution in [1.82, 2.24) is 9.13 Å². The molecule has 0 atom stereocenters. The molecule has 0 radical (unpaired) electrons. The van der Waals surface area contributed by atoms with E-state index in [2.05, 4.69) is 143 Å². The summed E-state index contributed by atoms with van der Waals surface area (Å²) in [7, 11) is 0. The number of benzene rings is 6. The second-order valence-corrected chi connectivity index (χ2v) is 16.0. The van der Waals surface area contributed by atoms with E-state index in [0.717, 1.165) is 77.3 Å². The molecule has 10 rings (SSSR count). The van der Waals surface area contributed by atoms with Gasteiger partial charge in [0.1, 0.15) is 0 Å². The Morgan fingerprint density at radius 2 is 0.738 bits per heavy atom. The zero-order valence-corrected chi connectivity index (χ0v) is 38.4. The summed E-state index contributed by atoms with van der Waals surface area (Å²) in [5.41, 5.74) is 6.23. The van der Waals surface area contributed by atoms with E-state index in [1.165, 1.54) is 67.9 Å². The number of aromatic nitrogens is 2. The molecule has 0 N–H and O–H groups in total. The Balaban J connectivity index is 0.000000175. The number of para-hydroxylation sites is 4. The fraction of sp³-hybridized carbons (Fsp3) is 0.241. The van der Waals surface area contributed by atoms with Crippen LogP contribution in [0, 0.1) is 47.6 Å². The average molecular weight is 903 g/mol. The van der Waals surface area contributed by atoms with Crippen molar-refractivity contribution < 1.29 is 39.3 Å². The van der Waals surface area contributed by atoms with Crippen molar-refractivity contribution in [3.63, 3.8) is 0 Å². The maximum atomic E-state index is 13.6. The van der Waals surface area contributed by atoms with Gasteiger partial charge in [0.05, 0.1) is 0 Å². The van der Waals surface area contributed by atoms with E-state index in [1.807, 2.05) is 24.3 Å². The Morgan fingerprint density at radius 3 is 1.03 bits per heavy atom. The van der Waals surface area contributed by atoms with Crippen LogP contribution in [0.3, 0.4) is 0 Å². The molecule has 0 unspecified atom stereocenters. The van der Waals surface area contributed by atoms with Crippen LogP contribution in [0.1, 0.15) is 75.3 Å². The van der Waals surface area contributed by atoms with Crippen molar-refractivity contribution in [2.24, 2.45) is 0 Å². The minimum Gasteiger partial charge on any atom is -0.340 e. The van der Waals surface area contributed by atoms with E-state index in [-0.39, 0.29) is 21.7 Å². The number of allylic oxidation sites excluding steroid dienone is 8. The normalized spacial score (nSPS) is 12.2. The Kier molecular flexibility index (Phi) is 19.3. The van der Waals surface area contributed by atoms with Gasteiger partial charge in [-0.05, 0) is 37.1 Å². The van der Waals surface area contributed by atoms with Gasteiger partial charge in [-0.15, -0.1) is 48.2 Å². The second kappa shape index (κ2) is 25.7. The summed E-state index contributed by atoms with van der Waals surface area (Å²) in [6.45, 7) is 1.96. The molecule has 2 aromatic heterocycles. The molecular weight excluding hydrogens is 849 g/mol. The Bertz CT molecular complexity index is 2540. The third-order valence-corrected chi connectivity index (χ3v) is 11.6. The zero-order chi connectivity index (χ0) is 44.4. The predicted molar refractivity (Wildman–Crippen MR) is 257 cm³/mol. The van der Waals surface area contributed by atoms with Crippen molar-refractivity contribution in [3.05, 3.63) is 216 Å². The van der Waals surface area contributed by atoms with Gasteiger partial charge in [-0.25, -0.2) is 41.9 Å². The zero-order valence-electron chi connectivity index (χ0n) is 36.8. The van der Waals surface area contributed by atoms with E-state index in [0.29, 0.717) is 24.0 Å². The van der Waals surface area contributed by atoms with E-state index in [9.17, 15) is 17.6 Å². The molecule has 2 heterocycles. The van der Waals surface area contributed by atoms with Crippen LogP contribution in [0.15, 0.2) is 158 Å². The molecule has 6 aromatic carbocycles. The number of hydrogen-bond acceptors (Lipinski definition) is 0. The van der Waals surface area contributed by atoms with E-state index in [1.54, 1.807) is 0 Å². The first-order valence-electron chi connectivity index (χ1n) is 22.6. The van der Waals surface area contributed by atoms with Crippen LogP contribution in [0.25, 0.3) is 43.6 Å². The van der Waals surface area contributed by atoms with Crippen molar-refractivity contribution >= 4 is 43.6 Å². The first-order chi connectivity index (χ1) is 31.5. The smallest absolute Gasteiger partial charge is 0.340 e. The molecule has 65 heavy (non-hydrogen) atoms. The molecule has 0 amide bonds. The van der Waals surface area contributed by atoms with Gasteiger partial charge in [0.2, 0.25) is 0 Å². The molecule has 2 nitrogen and oxygen atoms in total. The van der Waals surface area contributed by atoms with Crippen molar-refractivity contribution in [2.45, 2.75) is 90.1 Å². The summed E-state index contributed by atoms with van der Waals surface area (Å²) in [6, 6.07) is 44.0. The van der Waals surface area contributed by atoms with Crippen molar-refractivity contribution in [3.8, 4) is 0 Å². The topological polar surface area (TPSA) is 9.86 Å². The summed E-state index contributed by atoms with van der Waals surface area (Å²) >= 11 is 0. The fourth-order valence-corrected chi connectivity index (χ4v) is 8.38. The molecule has 0 spiro atoms. The van der Waals surface area contributed by atoms with Crippen LogP contribution in [0.5, 0.6) is 0 Å². The molecule has 2 aliphatic rings. The number of rotatable bonds is 14. The van der Waals surface area contributed by atoms with Gasteiger partial charge in [-0.1, -0.05) is 124 Å². The second-order valence-electron chi connectivity index (χ2n) is 16.0. The van der Waals surface area contributed by atoms with Crippen LogP contribution in [-0.2, 0) is 47.6 Å². The van der Waals surface area contributed by atoms with Crippen molar-refractivity contribution in [2.75, 3.05) is 0 Å². The summed E-state index contributed by atoms with van der Waals surface area (Å²) < 4.78 is 57.8. The summed E-state index contributed by atoms with van der Waals surface area (Å²) in [5.74, 6) is -2.38. The molecule has 0 aliphatic heterocycles. The maximum Gasteiger partial charge on any atom is 4.00 e. The minimum atomic E-state index is -0.637. The molecule has 8 aromatic rings. The van der Waals surface area contributed by atoms with Gasteiger partial charge in [0, 0.05) is 80.0 Å². The van der Waals surface area contributed by atoms with Gasteiger partial charge in [-0.3, -0.25) is 12.2 Å². The van der Waals surface area contributed by atoms with Crippen molar-refractivity contribution in [1.29, 1.82) is 0 Å². The Labute approximate surface area is 396 Å². The van der Waals surface area contributed by atoms with Gasteiger partial charge in [0.25, 0.3) is 0 Å². The standard InChI is InChI=1S/2C24H22F2N.2C5H5.Ti/c2*25-19-15-14-18(22(26)17-19)9-3-1-2-8-16-27-23-12-6-4-10-20(23)21-11-5-7-13-24(21)27;2*1-2-4-5-3-1;/h2*4-7,10-15H,1-3,8-9,16H2;2*1-3H,4H2;/q4*-1;+4. The van der Waals surface area contributed by atoms with Gasteiger partial charge in [-0.2, -0.15) is 24.3 Å². The summed E-state index contributed by atoms with van der Waals surface area (Å²) in [6.07, 6.45) is 29.5. The summed E-state index contributed by atoms with van der Waals surface area (Å²) in [5, 5.41) is 5.21. The number of halogens is 4. The Hall–Kier alpha value is -5.69. The summed E-state index contributed by atoms with van der Waals surface area (Å²) in [4.78, 5) is 0. The fourth-order valence-electron chi connectivity index (χ4n) is 8.38. The molecule has 0 bridgehead atoms. The molecule has 7 heteroatoms. The number of aryl methyl sites for hydroxylation is 4. The number of hydrogen-bond donors (Lipinski definition) is 0.